The van der Waals surface area contributed by atoms with E-state index in [1.165, 1.54) is 17.8 Å². The minimum atomic E-state index is -2.14. The van der Waals surface area contributed by atoms with Crippen LogP contribution in [0.2, 0.25) is 0 Å². The quantitative estimate of drug-likeness (QED) is 0.537. The minimum absolute atomic E-state index is 0.165. The highest BCUT2D eigenvalue weighted by Crippen LogP contribution is 2.42. The second-order valence-electron chi connectivity index (χ2n) is 5.81. The van der Waals surface area contributed by atoms with Gasteiger partial charge in [0.2, 0.25) is 0 Å². The molecule has 1 saturated heterocycles. The number of anilines is 2. The Hall–Kier alpha value is -2.08. The first-order valence-electron chi connectivity index (χ1n) is 7.87. The lowest BCUT2D eigenvalue weighted by atomic mass is 9.98. The second kappa shape index (κ2) is 6.67. The molecule has 0 amide bonds. The minimum Gasteiger partial charge on any atom is -0.394 e. The fourth-order valence-corrected chi connectivity index (χ4v) is 2.81. The van der Waals surface area contributed by atoms with Crippen molar-refractivity contribution < 1.29 is 24.2 Å². The lowest BCUT2D eigenvalue weighted by molar-refractivity contribution is -0.0566. The van der Waals surface area contributed by atoms with Crippen molar-refractivity contribution in [3.05, 3.63) is 6.33 Å². The highest BCUT2D eigenvalue weighted by molar-refractivity contribution is 5.84. The van der Waals surface area contributed by atoms with Crippen LogP contribution < -0.4 is 10.8 Å². The molecule has 0 aliphatic carbocycles. The molecule has 4 atom stereocenters. The van der Waals surface area contributed by atoms with Crippen molar-refractivity contribution in [1.82, 2.24) is 19.5 Å². The molecular formula is C14H21FN6O4. The zero-order valence-electron chi connectivity index (χ0n) is 14.1. The smallest absolute Gasteiger partial charge is 0.251 e. The highest BCUT2D eigenvalue weighted by atomic mass is 19.1. The molecule has 0 saturated carbocycles. The van der Waals surface area contributed by atoms with Crippen LogP contribution in [-0.2, 0) is 9.57 Å². The van der Waals surface area contributed by atoms with Gasteiger partial charge in [0.05, 0.1) is 19.5 Å². The average Bonchev–Trinajstić information content (AvgIpc) is 3.11. The van der Waals surface area contributed by atoms with Crippen molar-refractivity contribution in [3.8, 4) is 0 Å². The maximum Gasteiger partial charge on any atom is 0.251 e. The topological polar surface area (TPSA) is 127 Å². The van der Waals surface area contributed by atoms with Crippen LogP contribution in [0, 0.1) is 0 Å². The van der Waals surface area contributed by atoms with Gasteiger partial charge in [-0.05, 0) is 13.8 Å². The molecule has 0 aromatic carbocycles. The van der Waals surface area contributed by atoms with Gasteiger partial charge in [0.15, 0.2) is 28.9 Å². The summed E-state index contributed by atoms with van der Waals surface area (Å²) in [4.78, 5) is 17.8. The third-order valence-corrected chi connectivity index (χ3v) is 4.12. The van der Waals surface area contributed by atoms with Gasteiger partial charge in [-0.3, -0.25) is 9.40 Å². The van der Waals surface area contributed by atoms with E-state index in [1.54, 1.807) is 14.0 Å². The van der Waals surface area contributed by atoms with E-state index in [0.717, 1.165) is 0 Å². The molecule has 1 fully saturated rings. The van der Waals surface area contributed by atoms with Crippen molar-refractivity contribution in [2.24, 2.45) is 0 Å². The predicted molar refractivity (Wildman–Crippen MR) is 86.6 cm³/mol. The number of nitrogens with one attached hydrogen (secondary N) is 2. The molecule has 0 spiro atoms. The van der Waals surface area contributed by atoms with Crippen molar-refractivity contribution in [1.29, 1.82) is 0 Å². The number of hydrogen-bond donors (Lipinski definition) is 4. The number of rotatable bonds is 6. The van der Waals surface area contributed by atoms with Gasteiger partial charge in [-0.1, -0.05) is 0 Å². The third kappa shape index (κ3) is 2.88. The number of aliphatic hydroxyl groups excluding tert-OH is 2. The van der Waals surface area contributed by atoms with Gasteiger partial charge in [-0.15, -0.1) is 0 Å². The van der Waals surface area contributed by atoms with Crippen LogP contribution >= 0.6 is 0 Å². The Morgan fingerprint density at radius 3 is 2.84 bits per heavy atom. The molecule has 0 unspecified atom stereocenters. The molecule has 2 aromatic rings. The largest absolute Gasteiger partial charge is 0.394 e. The maximum atomic E-state index is 15.0. The van der Waals surface area contributed by atoms with Gasteiger partial charge in [-0.25, -0.2) is 14.9 Å². The fourth-order valence-electron chi connectivity index (χ4n) is 2.81. The van der Waals surface area contributed by atoms with E-state index < -0.39 is 30.7 Å². The summed E-state index contributed by atoms with van der Waals surface area (Å²) in [5, 5.41) is 22.2. The van der Waals surface area contributed by atoms with E-state index in [4.69, 9.17) is 9.57 Å². The summed E-state index contributed by atoms with van der Waals surface area (Å²) < 4.78 is 21.9. The molecule has 3 rings (SSSR count). The number of aliphatic hydroxyl groups is 2. The number of halogens is 1. The second-order valence-corrected chi connectivity index (χ2v) is 5.81. The van der Waals surface area contributed by atoms with Crippen LogP contribution in [0.3, 0.4) is 0 Å². The Morgan fingerprint density at radius 1 is 1.48 bits per heavy atom. The van der Waals surface area contributed by atoms with Gasteiger partial charge in [0.1, 0.15) is 12.2 Å². The van der Waals surface area contributed by atoms with Gasteiger partial charge in [-0.2, -0.15) is 9.97 Å². The Kier molecular flexibility index (Phi) is 4.73. The van der Waals surface area contributed by atoms with Crippen LogP contribution in [0.5, 0.6) is 0 Å². The molecular weight excluding hydrogens is 335 g/mol. The normalized spacial score (nSPS) is 29.3. The van der Waals surface area contributed by atoms with E-state index >= 15 is 4.39 Å². The molecule has 1 aliphatic rings. The molecule has 25 heavy (non-hydrogen) atoms. The SMILES string of the molecule is CCONc1nc(NC)c2ncn([C@@H]3O[C@H](CO)[C@@H](O)[C@@]3(C)F)c2n1. The van der Waals surface area contributed by atoms with Gasteiger partial charge in [0, 0.05) is 7.05 Å². The van der Waals surface area contributed by atoms with E-state index in [1.807, 2.05) is 0 Å². The molecule has 10 nitrogen and oxygen atoms in total. The lowest BCUT2D eigenvalue weighted by Gasteiger charge is -2.24. The van der Waals surface area contributed by atoms with E-state index in [9.17, 15) is 10.2 Å². The Bertz CT molecular complexity index is 754. The zero-order valence-corrected chi connectivity index (χ0v) is 14.1. The van der Waals surface area contributed by atoms with Gasteiger partial charge in [0.25, 0.3) is 5.95 Å². The number of alkyl halides is 1. The summed E-state index contributed by atoms with van der Waals surface area (Å²) in [6.45, 7) is 2.90. The molecule has 3 heterocycles. The summed E-state index contributed by atoms with van der Waals surface area (Å²) in [7, 11) is 1.67. The van der Waals surface area contributed by atoms with E-state index in [0.29, 0.717) is 23.6 Å². The molecule has 1 aliphatic heterocycles. The highest BCUT2D eigenvalue weighted by Gasteiger charge is 2.55. The van der Waals surface area contributed by atoms with Crippen molar-refractivity contribution in [2.75, 3.05) is 31.1 Å². The predicted octanol–water partition coefficient (Wildman–Crippen LogP) is 0.210. The van der Waals surface area contributed by atoms with Gasteiger partial charge < -0.3 is 20.3 Å². The number of ether oxygens (including phenoxy) is 1. The van der Waals surface area contributed by atoms with Crippen molar-refractivity contribution in [3.63, 3.8) is 0 Å². The van der Waals surface area contributed by atoms with Gasteiger partial charge >= 0.3 is 0 Å². The summed E-state index contributed by atoms with van der Waals surface area (Å²) in [5.74, 6) is 0.585. The number of hydrogen-bond acceptors (Lipinski definition) is 9. The molecule has 138 valence electrons. The molecule has 2 aromatic heterocycles. The van der Waals surface area contributed by atoms with E-state index in [2.05, 4.69) is 25.7 Å². The van der Waals surface area contributed by atoms with Crippen LogP contribution in [0.1, 0.15) is 20.1 Å². The Morgan fingerprint density at radius 2 is 2.24 bits per heavy atom. The number of imidazole rings is 1. The molecule has 0 radical (unpaired) electrons. The summed E-state index contributed by atoms with van der Waals surface area (Å²) in [6.07, 6.45) is -2.36. The van der Waals surface area contributed by atoms with Crippen LogP contribution in [-0.4, -0.2) is 67.9 Å². The van der Waals surface area contributed by atoms with Crippen LogP contribution in [0.15, 0.2) is 6.33 Å². The summed E-state index contributed by atoms with van der Waals surface area (Å²) in [6, 6.07) is 0. The number of aromatic nitrogens is 4. The summed E-state index contributed by atoms with van der Waals surface area (Å²) in [5.41, 5.74) is 1.15. The van der Waals surface area contributed by atoms with Crippen LogP contribution in [0.25, 0.3) is 11.2 Å². The molecule has 11 heteroatoms. The standard InChI is InChI=1S/C14H21FN6O4/c1-4-24-20-13-18-10(16-3)8-11(19-13)21(6-17-8)12-14(2,15)9(23)7(5-22)25-12/h6-7,9,12,22-23H,4-5H2,1-3H3,(H2,16,18,19,20)/t7-,9-,12-,14-/m1/s1. The van der Waals surface area contributed by atoms with E-state index in [-0.39, 0.29) is 5.95 Å². The maximum absolute atomic E-state index is 15.0. The summed E-state index contributed by atoms with van der Waals surface area (Å²) >= 11 is 0. The van der Waals surface area contributed by atoms with Crippen molar-refractivity contribution >= 4 is 22.9 Å². The average molecular weight is 356 g/mol. The fraction of sp³-hybridized carbons (Fsp3) is 0.643. The lowest BCUT2D eigenvalue weighted by Crippen LogP contribution is -2.40. The first kappa shape index (κ1) is 17.7. The molecule has 0 bridgehead atoms. The number of fused-ring (bicyclic) bond motifs is 1. The first-order valence-corrected chi connectivity index (χ1v) is 7.87. The monoisotopic (exact) mass is 356 g/mol. The van der Waals surface area contributed by atoms with Crippen molar-refractivity contribution in [2.45, 2.75) is 38.0 Å². The zero-order chi connectivity index (χ0) is 18.2. The Labute approximate surface area is 143 Å². The van der Waals surface area contributed by atoms with Crippen LogP contribution in [0.4, 0.5) is 16.2 Å². The molecule has 4 N–H and O–H groups in total. The Balaban J connectivity index is 2.07. The first-order chi connectivity index (χ1) is 11.9. The number of nitrogens with zero attached hydrogens (tertiary/aromatic N) is 4. The third-order valence-electron chi connectivity index (χ3n) is 4.12.